The van der Waals surface area contributed by atoms with Crippen molar-refractivity contribution in [3.63, 3.8) is 0 Å². The summed E-state index contributed by atoms with van der Waals surface area (Å²) in [6, 6.07) is 9.20. The summed E-state index contributed by atoms with van der Waals surface area (Å²) in [5.74, 6) is -1.76. The van der Waals surface area contributed by atoms with Gasteiger partial charge >= 0.3 is 6.03 Å². The van der Waals surface area contributed by atoms with Gasteiger partial charge in [0.05, 0.1) is 11.8 Å². The summed E-state index contributed by atoms with van der Waals surface area (Å²) in [5, 5.41) is 11.9. The maximum Gasteiger partial charge on any atom is 0.346 e. The fourth-order valence-electron chi connectivity index (χ4n) is 3.11. The summed E-state index contributed by atoms with van der Waals surface area (Å²) in [5.41, 5.74) is 5.26. The normalized spacial score (nSPS) is 16.4. The first-order valence-electron chi connectivity index (χ1n) is 9.59. The minimum atomic E-state index is -0.778. The van der Waals surface area contributed by atoms with E-state index in [1.54, 1.807) is 5.48 Å². The highest BCUT2D eigenvalue weighted by atomic mass is 32.2. The number of nitrogens with one attached hydrogen (secondary N) is 3. The van der Waals surface area contributed by atoms with Crippen molar-refractivity contribution < 1.29 is 19.6 Å². The van der Waals surface area contributed by atoms with Crippen LogP contribution >= 0.6 is 11.9 Å². The molecule has 1 aromatic carbocycles. The van der Waals surface area contributed by atoms with Gasteiger partial charge in [-0.1, -0.05) is 56.3 Å². The number of hydroxylamine groups is 1. The number of carbonyl (C=O) groups is 3. The summed E-state index contributed by atoms with van der Waals surface area (Å²) in [6.07, 6.45) is 4.39. The summed E-state index contributed by atoms with van der Waals surface area (Å²) in [6.45, 7) is 4.44. The molecule has 4 N–H and O–H groups in total. The van der Waals surface area contributed by atoms with Gasteiger partial charge in [0, 0.05) is 12.3 Å². The van der Waals surface area contributed by atoms with Gasteiger partial charge in [-0.3, -0.25) is 20.2 Å². The van der Waals surface area contributed by atoms with Gasteiger partial charge in [0.1, 0.15) is 0 Å². The van der Waals surface area contributed by atoms with Gasteiger partial charge in [-0.25, -0.2) is 10.3 Å². The first-order chi connectivity index (χ1) is 13.9. The van der Waals surface area contributed by atoms with Crippen LogP contribution in [0.25, 0.3) is 6.08 Å². The van der Waals surface area contributed by atoms with Crippen LogP contribution in [0.3, 0.4) is 0 Å². The number of allylic oxidation sites excluding steroid dienone is 1. The molecule has 1 aromatic rings. The SMILES string of the molecule is CC(C)C[C@@H](C(=O)NN1SCCNC1=O)[C@H](CC=Cc1ccccc1)C(=O)NO. The zero-order valence-corrected chi connectivity index (χ0v) is 17.4. The van der Waals surface area contributed by atoms with E-state index in [9.17, 15) is 19.6 Å². The van der Waals surface area contributed by atoms with E-state index < -0.39 is 29.7 Å². The van der Waals surface area contributed by atoms with E-state index in [2.05, 4.69) is 10.7 Å². The second-order valence-electron chi connectivity index (χ2n) is 7.20. The number of hydrogen-bond acceptors (Lipinski definition) is 5. The van der Waals surface area contributed by atoms with Gasteiger partial charge in [-0.2, -0.15) is 4.41 Å². The Hall–Kier alpha value is -2.52. The standard InChI is InChI=1S/C20H28N4O4S/c1-14(2)13-17(18(25)22-24-20(27)21-11-12-29-24)16(19(26)23-28)10-6-9-15-7-4-3-5-8-15/h3-9,14,16-17,28H,10-13H2,1-2H3,(H,21,27)(H,22,25)(H,23,26)/t16-,17+/m0/s1. The molecule has 0 spiro atoms. The quantitative estimate of drug-likeness (QED) is 0.279. The van der Waals surface area contributed by atoms with Crippen molar-refractivity contribution in [3.8, 4) is 0 Å². The van der Waals surface area contributed by atoms with Crippen LogP contribution in [0, 0.1) is 17.8 Å². The third kappa shape index (κ3) is 7.10. The maximum atomic E-state index is 13.0. The summed E-state index contributed by atoms with van der Waals surface area (Å²) >= 11 is 1.20. The molecule has 1 fully saturated rings. The predicted molar refractivity (Wildman–Crippen MR) is 112 cm³/mol. The smallest absolute Gasteiger partial charge is 0.335 e. The lowest BCUT2D eigenvalue weighted by Gasteiger charge is -2.30. The average Bonchev–Trinajstić information content (AvgIpc) is 2.71. The van der Waals surface area contributed by atoms with E-state index in [-0.39, 0.29) is 12.3 Å². The number of nitrogens with zero attached hydrogens (tertiary/aromatic N) is 1. The number of hydrogen-bond donors (Lipinski definition) is 4. The van der Waals surface area contributed by atoms with E-state index in [0.717, 1.165) is 9.98 Å². The van der Waals surface area contributed by atoms with Crippen molar-refractivity contribution >= 4 is 35.9 Å². The van der Waals surface area contributed by atoms with Crippen molar-refractivity contribution in [1.82, 2.24) is 20.6 Å². The average molecular weight is 421 g/mol. The molecule has 0 unspecified atom stereocenters. The first-order valence-corrected chi connectivity index (χ1v) is 10.5. The molecule has 0 radical (unpaired) electrons. The highest BCUT2D eigenvalue weighted by Gasteiger charge is 2.35. The number of amides is 4. The van der Waals surface area contributed by atoms with E-state index in [4.69, 9.17) is 0 Å². The zero-order chi connectivity index (χ0) is 21.2. The molecule has 1 heterocycles. The van der Waals surface area contributed by atoms with Crippen molar-refractivity contribution in [2.45, 2.75) is 26.7 Å². The van der Waals surface area contributed by atoms with E-state index >= 15 is 0 Å². The Labute approximate surface area is 175 Å². The van der Waals surface area contributed by atoms with Crippen LogP contribution in [0.1, 0.15) is 32.3 Å². The van der Waals surface area contributed by atoms with Gasteiger partial charge in [-0.05, 0) is 36.3 Å². The molecule has 1 aliphatic heterocycles. The van der Waals surface area contributed by atoms with Crippen LogP contribution in [0.2, 0.25) is 0 Å². The Balaban J connectivity index is 2.16. The molecule has 4 amide bonds. The van der Waals surface area contributed by atoms with Gasteiger partial charge < -0.3 is 5.32 Å². The van der Waals surface area contributed by atoms with Crippen molar-refractivity contribution in [2.24, 2.45) is 17.8 Å². The first kappa shape index (κ1) is 22.8. The summed E-state index contributed by atoms with van der Waals surface area (Å²) in [7, 11) is 0. The Morgan fingerprint density at radius 2 is 1.97 bits per heavy atom. The molecule has 9 heteroatoms. The summed E-state index contributed by atoms with van der Waals surface area (Å²) < 4.78 is 1.16. The second-order valence-corrected chi connectivity index (χ2v) is 8.23. The molecule has 0 bridgehead atoms. The number of urea groups is 1. The van der Waals surface area contributed by atoms with Gasteiger partial charge in [0.25, 0.3) is 0 Å². The minimum absolute atomic E-state index is 0.140. The van der Waals surface area contributed by atoms with E-state index in [1.165, 1.54) is 11.9 Å². The zero-order valence-electron chi connectivity index (χ0n) is 16.6. The van der Waals surface area contributed by atoms with Crippen LogP contribution < -0.4 is 16.2 Å². The lowest BCUT2D eigenvalue weighted by atomic mass is 9.82. The molecular weight excluding hydrogens is 392 g/mol. The number of benzene rings is 1. The molecule has 1 aliphatic rings. The monoisotopic (exact) mass is 420 g/mol. The Morgan fingerprint density at radius 3 is 2.59 bits per heavy atom. The third-order valence-electron chi connectivity index (χ3n) is 4.49. The molecular formula is C20H28N4O4S. The predicted octanol–water partition coefficient (Wildman–Crippen LogP) is 2.58. The van der Waals surface area contributed by atoms with Crippen molar-refractivity contribution in [2.75, 3.05) is 12.3 Å². The fraction of sp³-hybridized carbons (Fsp3) is 0.450. The molecule has 0 aliphatic carbocycles. The molecule has 158 valence electrons. The van der Waals surface area contributed by atoms with Crippen LogP contribution in [0.4, 0.5) is 4.79 Å². The molecule has 1 saturated heterocycles. The van der Waals surface area contributed by atoms with Crippen LogP contribution in [-0.4, -0.2) is 39.8 Å². The fourth-order valence-corrected chi connectivity index (χ4v) is 3.82. The molecule has 29 heavy (non-hydrogen) atoms. The topological polar surface area (TPSA) is 111 Å². The second kappa shape index (κ2) is 11.5. The van der Waals surface area contributed by atoms with Crippen LogP contribution in [0.5, 0.6) is 0 Å². The van der Waals surface area contributed by atoms with Crippen molar-refractivity contribution in [3.05, 3.63) is 42.0 Å². The molecule has 2 rings (SSSR count). The lowest BCUT2D eigenvalue weighted by Crippen LogP contribution is -2.53. The van der Waals surface area contributed by atoms with E-state index in [1.807, 2.05) is 56.3 Å². The summed E-state index contributed by atoms with van der Waals surface area (Å²) in [4.78, 5) is 37.2. The largest absolute Gasteiger partial charge is 0.346 e. The Morgan fingerprint density at radius 1 is 1.24 bits per heavy atom. The highest BCUT2D eigenvalue weighted by Crippen LogP contribution is 2.26. The molecule has 0 aromatic heterocycles. The number of carbonyl (C=O) groups excluding carboxylic acids is 3. The van der Waals surface area contributed by atoms with Crippen molar-refractivity contribution in [1.29, 1.82) is 0 Å². The lowest BCUT2D eigenvalue weighted by molar-refractivity contribution is -0.141. The van der Waals surface area contributed by atoms with Crippen LogP contribution in [-0.2, 0) is 9.59 Å². The van der Waals surface area contributed by atoms with Gasteiger partial charge in [-0.15, -0.1) is 0 Å². The Bertz CT molecular complexity index is 726. The Kier molecular flexibility index (Phi) is 9.01. The third-order valence-corrected chi connectivity index (χ3v) is 5.39. The van der Waals surface area contributed by atoms with Crippen LogP contribution in [0.15, 0.2) is 36.4 Å². The molecule has 0 saturated carbocycles. The van der Waals surface area contributed by atoms with Gasteiger partial charge in [0.2, 0.25) is 11.8 Å². The molecule has 2 atom stereocenters. The molecule has 8 nitrogen and oxygen atoms in total. The maximum absolute atomic E-state index is 13.0. The number of hydrazine groups is 1. The van der Waals surface area contributed by atoms with E-state index in [0.29, 0.717) is 18.7 Å². The van der Waals surface area contributed by atoms with Gasteiger partial charge in [0.15, 0.2) is 0 Å². The number of rotatable bonds is 9. The minimum Gasteiger partial charge on any atom is -0.335 e. The highest BCUT2D eigenvalue weighted by molar-refractivity contribution is 7.97.